The van der Waals surface area contributed by atoms with Crippen LogP contribution in [0.3, 0.4) is 0 Å². The summed E-state index contributed by atoms with van der Waals surface area (Å²) >= 11 is 0. The number of rotatable bonds is 1. The van der Waals surface area contributed by atoms with Crippen LogP contribution in [0.1, 0.15) is 16.7 Å². The molecule has 0 aliphatic rings. The van der Waals surface area contributed by atoms with E-state index in [1.54, 1.807) is 6.08 Å². The van der Waals surface area contributed by atoms with E-state index in [1.807, 2.05) is 24.3 Å². The van der Waals surface area contributed by atoms with Crippen LogP contribution in [0.5, 0.6) is 0 Å². The summed E-state index contributed by atoms with van der Waals surface area (Å²) in [5, 5.41) is 0. The first-order valence-corrected chi connectivity index (χ1v) is 5.38. The van der Waals surface area contributed by atoms with Gasteiger partial charge in [0, 0.05) is 11.1 Å². The molecule has 0 saturated heterocycles. The maximum absolute atomic E-state index is 12.9. The molecule has 0 unspecified atom stereocenters. The van der Waals surface area contributed by atoms with Crippen LogP contribution in [-0.2, 0) is 0 Å². The Morgan fingerprint density at radius 2 is 1.44 bits per heavy atom. The molecule has 0 radical (unpaired) electrons. The molecule has 0 amide bonds. The van der Waals surface area contributed by atoms with E-state index in [0.29, 0.717) is 5.56 Å². The minimum Gasteiger partial charge on any atom is -0.204 e. The van der Waals surface area contributed by atoms with Gasteiger partial charge in [0.05, 0.1) is 0 Å². The Labute approximate surface area is 105 Å². The van der Waals surface area contributed by atoms with E-state index >= 15 is 0 Å². The van der Waals surface area contributed by atoms with Crippen molar-refractivity contribution in [2.75, 3.05) is 0 Å². The molecule has 0 spiro atoms. The van der Waals surface area contributed by atoms with E-state index in [-0.39, 0.29) is 0 Å². The van der Waals surface area contributed by atoms with Gasteiger partial charge in [0.15, 0.2) is 11.6 Å². The molecule has 2 rings (SSSR count). The number of halogens is 2. The van der Waals surface area contributed by atoms with Crippen LogP contribution in [0, 0.1) is 23.5 Å². The summed E-state index contributed by atoms with van der Waals surface area (Å²) in [7, 11) is 0. The molecule has 0 heterocycles. The van der Waals surface area contributed by atoms with Gasteiger partial charge < -0.3 is 0 Å². The third-order valence-electron chi connectivity index (χ3n) is 2.42. The molecule has 2 heteroatoms. The lowest BCUT2D eigenvalue weighted by molar-refractivity contribution is 0.508. The van der Waals surface area contributed by atoms with Crippen LogP contribution in [0.25, 0.3) is 6.08 Å². The molecule has 0 fully saturated rings. The zero-order valence-corrected chi connectivity index (χ0v) is 9.58. The van der Waals surface area contributed by atoms with Crippen molar-refractivity contribution in [3.63, 3.8) is 0 Å². The van der Waals surface area contributed by atoms with Crippen molar-refractivity contribution in [1.29, 1.82) is 0 Å². The smallest absolute Gasteiger partial charge is 0.160 e. The lowest BCUT2D eigenvalue weighted by atomic mass is 10.1. The monoisotopic (exact) mass is 240 g/mol. The van der Waals surface area contributed by atoms with Gasteiger partial charge in [-0.2, -0.15) is 0 Å². The van der Waals surface area contributed by atoms with E-state index in [9.17, 15) is 8.78 Å². The summed E-state index contributed by atoms with van der Waals surface area (Å²) < 4.78 is 25.7. The molecular weight excluding hydrogens is 230 g/mol. The molecule has 0 aromatic heterocycles. The largest absolute Gasteiger partial charge is 0.204 e. The maximum Gasteiger partial charge on any atom is 0.160 e. The SMILES string of the molecule is C=Cc1ccc(C#Cc2ccc(F)c(F)c2)cc1. The Kier molecular flexibility index (Phi) is 3.54. The highest BCUT2D eigenvalue weighted by molar-refractivity contribution is 5.50. The second kappa shape index (κ2) is 5.29. The first kappa shape index (κ1) is 12.1. The van der Waals surface area contributed by atoms with Crippen LogP contribution in [0.4, 0.5) is 8.78 Å². The predicted molar refractivity (Wildman–Crippen MR) is 68.9 cm³/mol. The molecule has 0 bridgehead atoms. The number of hydrogen-bond donors (Lipinski definition) is 0. The fourth-order valence-electron chi connectivity index (χ4n) is 1.42. The molecule has 0 N–H and O–H groups in total. The normalized spacial score (nSPS) is 9.44. The van der Waals surface area contributed by atoms with E-state index in [2.05, 4.69) is 18.4 Å². The van der Waals surface area contributed by atoms with Gasteiger partial charge in [-0.1, -0.05) is 36.6 Å². The topological polar surface area (TPSA) is 0 Å². The highest BCUT2D eigenvalue weighted by atomic mass is 19.2. The van der Waals surface area contributed by atoms with E-state index in [4.69, 9.17) is 0 Å². The molecule has 0 saturated carbocycles. The van der Waals surface area contributed by atoms with Gasteiger partial charge in [-0.15, -0.1) is 0 Å². The number of benzene rings is 2. The Balaban J connectivity index is 2.24. The summed E-state index contributed by atoms with van der Waals surface area (Å²) in [6.07, 6.45) is 1.74. The highest BCUT2D eigenvalue weighted by Crippen LogP contribution is 2.08. The standard InChI is InChI=1S/C16H10F2/c1-2-12-3-5-13(6-4-12)7-8-14-9-10-15(17)16(18)11-14/h2-6,9-11H,1H2. The first-order valence-electron chi connectivity index (χ1n) is 5.38. The predicted octanol–water partition coefficient (Wildman–Crippen LogP) is 4.01. The summed E-state index contributed by atoms with van der Waals surface area (Å²) in [5.41, 5.74) is 2.26. The maximum atomic E-state index is 12.9. The van der Waals surface area contributed by atoms with Crippen molar-refractivity contribution in [3.05, 3.63) is 77.4 Å². The summed E-state index contributed by atoms with van der Waals surface area (Å²) in [5.74, 6) is 3.92. The quantitative estimate of drug-likeness (QED) is 0.661. The minimum atomic E-state index is -0.885. The van der Waals surface area contributed by atoms with Gasteiger partial charge in [0.25, 0.3) is 0 Å². The number of hydrogen-bond acceptors (Lipinski definition) is 0. The Morgan fingerprint density at radius 1 is 0.833 bits per heavy atom. The lowest BCUT2D eigenvalue weighted by Crippen LogP contribution is -1.84. The van der Waals surface area contributed by atoms with Crippen LogP contribution < -0.4 is 0 Å². The third kappa shape index (κ3) is 2.83. The Hall–Kier alpha value is -2.40. The molecule has 0 aliphatic heterocycles. The van der Waals surface area contributed by atoms with Crippen molar-refractivity contribution in [1.82, 2.24) is 0 Å². The Morgan fingerprint density at radius 3 is 2.06 bits per heavy atom. The van der Waals surface area contributed by atoms with Gasteiger partial charge in [0.2, 0.25) is 0 Å². The van der Waals surface area contributed by atoms with Crippen molar-refractivity contribution in [2.24, 2.45) is 0 Å². The average Bonchev–Trinajstić information content (AvgIpc) is 2.41. The van der Waals surface area contributed by atoms with Gasteiger partial charge in [0.1, 0.15) is 0 Å². The van der Waals surface area contributed by atoms with Gasteiger partial charge in [-0.25, -0.2) is 8.78 Å². The van der Waals surface area contributed by atoms with Crippen LogP contribution >= 0.6 is 0 Å². The highest BCUT2D eigenvalue weighted by Gasteiger charge is 1.99. The summed E-state index contributed by atoms with van der Waals surface area (Å²) in [4.78, 5) is 0. The fourth-order valence-corrected chi connectivity index (χ4v) is 1.42. The summed E-state index contributed by atoms with van der Waals surface area (Å²) in [6, 6.07) is 11.1. The van der Waals surface area contributed by atoms with Crippen molar-refractivity contribution in [2.45, 2.75) is 0 Å². The fraction of sp³-hybridized carbons (Fsp3) is 0. The molecule has 18 heavy (non-hydrogen) atoms. The zero-order chi connectivity index (χ0) is 13.0. The van der Waals surface area contributed by atoms with E-state index < -0.39 is 11.6 Å². The summed E-state index contributed by atoms with van der Waals surface area (Å²) in [6.45, 7) is 3.66. The first-order chi connectivity index (χ1) is 8.69. The lowest BCUT2D eigenvalue weighted by Gasteiger charge is -1.94. The molecule has 2 aromatic rings. The van der Waals surface area contributed by atoms with E-state index in [1.165, 1.54) is 6.07 Å². The van der Waals surface area contributed by atoms with Crippen LogP contribution in [0.15, 0.2) is 49.0 Å². The Bertz CT molecular complexity index is 628. The van der Waals surface area contributed by atoms with Crippen LogP contribution in [0.2, 0.25) is 0 Å². The molecule has 0 aliphatic carbocycles. The van der Waals surface area contributed by atoms with Gasteiger partial charge in [-0.05, 0) is 35.9 Å². The minimum absolute atomic E-state index is 0.446. The van der Waals surface area contributed by atoms with Gasteiger partial charge >= 0.3 is 0 Å². The third-order valence-corrected chi connectivity index (χ3v) is 2.42. The molecule has 0 atom stereocenters. The molecular formula is C16H10F2. The second-order valence-electron chi connectivity index (χ2n) is 3.71. The van der Waals surface area contributed by atoms with Crippen molar-refractivity contribution >= 4 is 6.08 Å². The van der Waals surface area contributed by atoms with Gasteiger partial charge in [-0.3, -0.25) is 0 Å². The molecule has 2 aromatic carbocycles. The van der Waals surface area contributed by atoms with Crippen molar-refractivity contribution in [3.8, 4) is 11.8 Å². The van der Waals surface area contributed by atoms with Crippen LogP contribution in [-0.4, -0.2) is 0 Å². The average molecular weight is 240 g/mol. The molecule has 88 valence electrons. The van der Waals surface area contributed by atoms with E-state index in [0.717, 1.165) is 23.3 Å². The second-order valence-corrected chi connectivity index (χ2v) is 3.71. The van der Waals surface area contributed by atoms with Crippen molar-refractivity contribution < 1.29 is 8.78 Å². The molecule has 0 nitrogen and oxygen atoms in total. The zero-order valence-electron chi connectivity index (χ0n) is 9.58.